The van der Waals surface area contributed by atoms with Crippen molar-refractivity contribution in [1.29, 1.82) is 0 Å². The van der Waals surface area contributed by atoms with Gasteiger partial charge in [0.25, 0.3) is 5.91 Å². The van der Waals surface area contributed by atoms with Crippen LogP contribution in [0.3, 0.4) is 0 Å². The highest BCUT2D eigenvalue weighted by atomic mass is 79.9. The number of carbonyl (C=O) groups is 1. The number of nitrogens with zero attached hydrogens (tertiary/aromatic N) is 1. The number of hydrazine groups is 1. The van der Waals surface area contributed by atoms with E-state index >= 15 is 0 Å². The Hall–Kier alpha value is -4.18. The van der Waals surface area contributed by atoms with Gasteiger partial charge in [-0.2, -0.15) is 0 Å². The number of rotatable bonds is 13. The van der Waals surface area contributed by atoms with Crippen molar-refractivity contribution in [2.75, 3.05) is 20.3 Å². The molecule has 0 saturated carbocycles. The molecule has 1 heterocycles. The second kappa shape index (κ2) is 14.3. The number of nitrogens with one attached hydrogen (secondary N) is 2. The van der Waals surface area contributed by atoms with Crippen LogP contribution in [0.5, 0.6) is 11.5 Å². The summed E-state index contributed by atoms with van der Waals surface area (Å²) in [5.41, 5.74) is 8.05. The molecule has 4 aromatic carbocycles. The van der Waals surface area contributed by atoms with Crippen molar-refractivity contribution in [3.63, 3.8) is 0 Å². The van der Waals surface area contributed by atoms with Crippen LogP contribution >= 0.6 is 15.9 Å². The Labute approximate surface area is 259 Å². The van der Waals surface area contributed by atoms with Gasteiger partial charge in [-0.15, -0.1) is 0 Å². The van der Waals surface area contributed by atoms with Gasteiger partial charge in [0, 0.05) is 36.0 Å². The highest BCUT2D eigenvalue weighted by molar-refractivity contribution is 9.10. The second-order valence-electron chi connectivity index (χ2n) is 10.1. The van der Waals surface area contributed by atoms with Crippen molar-refractivity contribution in [1.82, 2.24) is 10.9 Å². The van der Waals surface area contributed by atoms with E-state index in [0.717, 1.165) is 21.2 Å². The van der Waals surface area contributed by atoms with E-state index in [1.54, 1.807) is 7.11 Å². The molecule has 2 atom stereocenters. The maximum Gasteiger partial charge on any atom is 0.266 e. The minimum atomic E-state index is -1.37. The fraction of sp³-hybridized carbons (Fsp3) is 0.235. The molecule has 0 aromatic heterocycles. The summed E-state index contributed by atoms with van der Waals surface area (Å²) < 4.78 is 18.7. The van der Waals surface area contributed by atoms with Crippen molar-refractivity contribution in [2.45, 2.75) is 31.0 Å². The first-order valence-corrected chi connectivity index (χ1v) is 14.9. The van der Waals surface area contributed by atoms with Gasteiger partial charge in [0.15, 0.2) is 11.6 Å². The summed E-state index contributed by atoms with van der Waals surface area (Å²) in [4.78, 5) is 19.4. The van der Waals surface area contributed by atoms with Crippen molar-refractivity contribution in [3.8, 4) is 11.5 Å². The van der Waals surface area contributed by atoms with E-state index in [0.29, 0.717) is 42.5 Å². The monoisotopic (exact) mass is 643 g/mol. The number of hydrogen-bond acceptors (Lipinski definition) is 7. The molecular formula is C34H34BrN3O5. The van der Waals surface area contributed by atoms with Crippen molar-refractivity contribution in [2.24, 2.45) is 4.99 Å². The fourth-order valence-electron chi connectivity index (χ4n) is 4.95. The molecule has 4 aromatic rings. The van der Waals surface area contributed by atoms with E-state index < -0.39 is 11.6 Å². The van der Waals surface area contributed by atoms with Crippen LogP contribution in [0.15, 0.2) is 113 Å². The van der Waals surface area contributed by atoms with Gasteiger partial charge < -0.3 is 19.3 Å². The molecule has 0 fully saturated rings. The maximum absolute atomic E-state index is 14.3. The first-order valence-electron chi connectivity index (χ1n) is 14.1. The summed E-state index contributed by atoms with van der Waals surface area (Å²) >= 11 is 3.67. The number of hydrogen-bond donors (Lipinski definition) is 3. The zero-order valence-corrected chi connectivity index (χ0v) is 25.4. The summed E-state index contributed by atoms with van der Waals surface area (Å²) in [6.07, 6.45) is 0.0508. The van der Waals surface area contributed by atoms with Gasteiger partial charge in [0.2, 0.25) is 5.90 Å². The number of methoxy groups -OCH3 is 1. The summed E-state index contributed by atoms with van der Waals surface area (Å²) in [5, 5.41) is 9.05. The molecule has 5 rings (SSSR count). The highest BCUT2D eigenvalue weighted by Crippen LogP contribution is 2.44. The van der Waals surface area contributed by atoms with Crippen LogP contribution in [0.2, 0.25) is 0 Å². The summed E-state index contributed by atoms with van der Waals surface area (Å²) in [5.74, 6) is 1.34. The molecule has 0 bridgehead atoms. The minimum absolute atomic E-state index is 0.0657. The number of halogens is 1. The molecule has 1 amide bonds. The predicted octanol–water partition coefficient (Wildman–Crippen LogP) is 5.54. The Balaban J connectivity index is 1.54. The first-order chi connectivity index (χ1) is 21.0. The van der Waals surface area contributed by atoms with Crippen LogP contribution in [-0.4, -0.2) is 42.8 Å². The molecule has 0 radical (unpaired) electrons. The fourth-order valence-corrected chi connectivity index (χ4v) is 5.37. The van der Waals surface area contributed by atoms with E-state index in [1.165, 1.54) is 0 Å². The van der Waals surface area contributed by atoms with Crippen LogP contribution in [0.25, 0.3) is 0 Å². The standard InChI is InChI=1S/C34H34BrN3O5/c1-41-29-13-7-12-26(21-29)31-34(22-27-11-5-6-14-30(27)35,33(40)38-36-23-24-9-3-2-4-10-24)37-32(43-31)25-15-17-28(18-16-25)42-20-8-19-39/h2-7,9-18,21,31,36,39H,8,19-20,22-23H2,1H3,(H,38,40)/t31-,34-/m0/s1. The third-order valence-corrected chi connectivity index (χ3v) is 7.96. The van der Waals surface area contributed by atoms with Crippen LogP contribution in [0, 0.1) is 0 Å². The zero-order valence-electron chi connectivity index (χ0n) is 23.8. The highest BCUT2D eigenvalue weighted by Gasteiger charge is 2.53. The van der Waals surface area contributed by atoms with E-state index in [-0.39, 0.29) is 18.9 Å². The normalized spacial score (nSPS) is 17.6. The van der Waals surface area contributed by atoms with Crippen LogP contribution in [-0.2, 0) is 22.5 Å². The molecule has 0 saturated heterocycles. The van der Waals surface area contributed by atoms with E-state index in [2.05, 4.69) is 26.8 Å². The molecule has 1 aliphatic heterocycles. The lowest BCUT2D eigenvalue weighted by Crippen LogP contribution is -2.53. The molecule has 222 valence electrons. The van der Waals surface area contributed by atoms with Crippen LogP contribution in [0.1, 0.15) is 34.8 Å². The Morgan fingerprint density at radius 3 is 2.49 bits per heavy atom. The Morgan fingerprint density at radius 1 is 0.977 bits per heavy atom. The maximum atomic E-state index is 14.3. The van der Waals surface area contributed by atoms with E-state index in [4.69, 9.17) is 24.3 Å². The number of amides is 1. The molecule has 43 heavy (non-hydrogen) atoms. The first kappa shape index (κ1) is 30.3. The average molecular weight is 645 g/mol. The number of aliphatic imine (C=N–C) groups is 1. The molecule has 1 aliphatic rings. The Kier molecular flexibility index (Phi) is 10.1. The molecule has 0 unspecified atom stereocenters. The summed E-state index contributed by atoms with van der Waals surface area (Å²) in [7, 11) is 1.61. The molecule has 0 aliphatic carbocycles. The number of benzene rings is 4. The molecule has 0 spiro atoms. The quantitative estimate of drug-likeness (QED) is 0.131. The Morgan fingerprint density at radius 2 is 1.74 bits per heavy atom. The van der Waals surface area contributed by atoms with Gasteiger partial charge in [0.05, 0.1) is 13.7 Å². The number of aliphatic hydroxyl groups is 1. The van der Waals surface area contributed by atoms with Crippen LogP contribution in [0.4, 0.5) is 0 Å². The molecule has 3 N–H and O–H groups in total. The SMILES string of the molecule is COc1cccc([C@@H]2OC(c3ccc(OCCCO)cc3)=N[C@]2(Cc2ccccc2Br)C(=O)NNCc2ccccc2)c1. The molecule has 9 heteroatoms. The average Bonchev–Trinajstić information content (AvgIpc) is 3.43. The predicted molar refractivity (Wildman–Crippen MR) is 169 cm³/mol. The zero-order chi connectivity index (χ0) is 30.1. The summed E-state index contributed by atoms with van der Waals surface area (Å²) in [6.45, 7) is 0.920. The minimum Gasteiger partial charge on any atom is -0.497 e. The largest absolute Gasteiger partial charge is 0.497 e. The van der Waals surface area contributed by atoms with Crippen molar-refractivity contribution >= 4 is 27.7 Å². The Bertz CT molecular complexity index is 1550. The van der Waals surface area contributed by atoms with Crippen molar-refractivity contribution in [3.05, 3.63) is 130 Å². The van der Waals surface area contributed by atoms with Gasteiger partial charge >= 0.3 is 0 Å². The topological polar surface area (TPSA) is 101 Å². The van der Waals surface area contributed by atoms with Crippen molar-refractivity contribution < 1.29 is 24.1 Å². The summed E-state index contributed by atoms with van der Waals surface area (Å²) in [6, 6.07) is 32.5. The van der Waals surface area contributed by atoms with Gasteiger partial charge in [0.1, 0.15) is 11.5 Å². The third-order valence-electron chi connectivity index (χ3n) is 7.18. The number of ether oxygens (including phenoxy) is 3. The van der Waals surface area contributed by atoms with Gasteiger partial charge in [-0.3, -0.25) is 10.2 Å². The van der Waals surface area contributed by atoms with Crippen LogP contribution < -0.4 is 20.3 Å². The number of carbonyl (C=O) groups excluding carboxylic acids is 1. The lowest BCUT2D eigenvalue weighted by Gasteiger charge is -2.31. The second-order valence-corrected chi connectivity index (χ2v) is 11.0. The molecular weight excluding hydrogens is 610 g/mol. The van der Waals surface area contributed by atoms with Gasteiger partial charge in [-0.05, 0) is 59.2 Å². The lowest BCUT2D eigenvalue weighted by molar-refractivity contribution is -0.130. The van der Waals surface area contributed by atoms with E-state index in [9.17, 15) is 4.79 Å². The smallest absolute Gasteiger partial charge is 0.266 e. The lowest BCUT2D eigenvalue weighted by atomic mass is 9.82. The van der Waals surface area contributed by atoms with E-state index in [1.807, 2.05) is 103 Å². The molecule has 8 nitrogen and oxygen atoms in total. The van der Waals surface area contributed by atoms with Gasteiger partial charge in [-0.25, -0.2) is 10.4 Å². The van der Waals surface area contributed by atoms with Gasteiger partial charge in [-0.1, -0.05) is 76.6 Å². The third kappa shape index (κ3) is 7.25. The number of aliphatic hydroxyl groups excluding tert-OH is 1.